The number of hydrogen-bond donors (Lipinski definition) is 1. The number of amides is 1. The number of benzene rings is 3. The molecule has 0 unspecified atom stereocenters. The van der Waals surface area contributed by atoms with Gasteiger partial charge in [-0.3, -0.25) is 4.79 Å². The van der Waals surface area contributed by atoms with Gasteiger partial charge in [0.15, 0.2) is 6.61 Å². The van der Waals surface area contributed by atoms with E-state index >= 15 is 0 Å². The van der Waals surface area contributed by atoms with Crippen molar-refractivity contribution < 1.29 is 19.1 Å². The van der Waals surface area contributed by atoms with Crippen LogP contribution in [-0.2, 0) is 9.53 Å². The molecular weight excluding hydrogens is 434 g/mol. The molecule has 148 valence electrons. The molecule has 3 aromatic rings. The second-order valence-corrected chi connectivity index (χ2v) is 7.33. The number of ether oxygens (including phenoxy) is 2. The summed E-state index contributed by atoms with van der Waals surface area (Å²) in [5.74, 6) is 0.340. The van der Waals surface area contributed by atoms with Crippen LogP contribution in [0.3, 0.4) is 0 Å². The van der Waals surface area contributed by atoms with Crippen LogP contribution in [0.25, 0.3) is 0 Å². The minimum absolute atomic E-state index is 0.342. The number of esters is 1. The van der Waals surface area contributed by atoms with Gasteiger partial charge in [0.1, 0.15) is 11.5 Å². The topological polar surface area (TPSA) is 64.6 Å². The Bertz CT molecular complexity index is 1020. The third kappa shape index (κ3) is 5.68. The van der Waals surface area contributed by atoms with E-state index in [2.05, 4.69) is 21.2 Å². The number of carbonyl (C=O) groups excluding carboxylic acids is 2. The highest BCUT2D eigenvalue weighted by molar-refractivity contribution is 9.10. The third-order valence-electron chi connectivity index (χ3n) is 4.18. The number of anilines is 1. The monoisotopic (exact) mass is 453 g/mol. The lowest BCUT2D eigenvalue weighted by Gasteiger charge is -2.11. The predicted molar refractivity (Wildman–Crippen MR) is 115 cm³/mol. The van der Waals surface area contributed by atoms with Crippen molar-refractivity contribution >= 4 is 33.5 Å². The summed E-state index contributed by atoms with van der Waals surface area (Å²) in [6.07, 6.45) is 0. The van der Waals surface area contributed by atoms with Crippen molar-refractivity contribution in [1.82, 2.24) is 0 Å². The lowest BCUT2D eigenvalue weighted by molar-refractivity contribution is -0.119. The molecule has 0 radical (unpaired) electrons. The number of aryl methyl sites for hydroxylation is 2. The van der Waals surface area contributed by atoms with E-state index in [0.717, 1.165) is 15.6 Å². The number of para-hydroxylation sites is 1. The fourth-order valence-corrected chi connectivity index (χ4v) is 3.06. The van der Waals surface area contributed by atoms with Gasteiger partial charge >= 0.3 is 5.97 Å². The third-order valence-corrected chi connectivity index (χ3v) is 5.04. The highest BCUT2D eigenvalue weighted by Crippen LogP contribution is 2.24. The summed E-state index contributed by atoms with van der Waals surface area (Å²) >= 11 is 3.45. The maximum atomic E-state index is 12.2. The van der Waals surface area contributed by atoms with E-state index in [1.807, 2.05) is 56.3 Å². The first-order chi connectivity index (χ1) is 13.9. The highest BCUT2D eigenvalue weighted by Gasteiger charge is 2.12. The summed E-state index contributed by atoms with van der Waals surface area (Å²) in [6.45, 7) is 3.46. The zero-order valence-electron chi connectivity index (χ0n) is 16.1. The van der Waals surface area contributed by atoms with Crippen LogP contribution in [0.15, 0.2) is 71.2 Å². The van der Waals surface area contributed by atoms with E-state index in [-0.39, 0.29) is 6.61 Å². The van der Waals surface area contributed by atoms with Gasteiger partial charge in [-0.05, 0) is 73.5 Å². The Labute approximate surface area is 177 Å². The van der Waals surface area contributed by atoms with Gasteiger partial charge in [0.2, 0.25) is 0 Å². The molecule has 0 aliphatic rings. The minimum Gasteiger partial charge on any atom is -0.457 e. The summed E-state index contributed by atoms with van der Waals surface area (Å²) in [4.78, 5) is 24.3. The van der Waals surface area contributed by atoms with E-state index in [4.69, 9.17) is 9.47 Å². The van der Waals surface area contributed by atoms with Gasteiger partial charge in [-0.2, -0.15) is 0 Å². The zero-order valence-corrected chi connectivity index (χ0v) is 17.7. The zero-order chi connectivity index (χ0) is 20.8. The molecule has 0 saturated carbocycles. The lowest BCUT2D eigenvalue weighted by atomic mass is 10.1. The summed E-state index contributed by atoms with van der Waals surface area (Å²) in [5, 5.41) is 2.76. The maximum absolute atomic E-state index is 12.2. The van der Waals surface area contributed by atoms with Crippen LogP contribution in [0.5, 0.6) is 11.5 Å². The van der Waals surface area contributed by atoms with Crippen LogP contribution in [0.2, 0.25) is 0 Å². The van der Waals surface area contributed by atoms with Crippen molar-refractivity contribution in [2.45, 2.75) is 13.8 Å². The van der Waals surface area contributed by atoms with Crippen molar-refractivity contribution in [3.8, 4) is 11.5 Å². The lowest BCUT2D eigenvalue weighted by Crippen LogP contribution is -2.21. The Balaban J connectivity index is 1.53. The SMILES string of the molecule is Cc1cc(NC(=O)COC(=O)c2ccc(Oc3ccccc3)cc2)c(C)cc1Br. The van der Waals surface area contributed by atoms with Gasteiger partial charge in [-0.15, -0.1) is 0 Å². The van der Waals surface area contributed by atoms with Crippen LogP contribution >= 0.6 is 15.9 Å². The van der Waals surface area contributed by atoms with Gasteiger partial charge < -0.3 is 14.8 Å². The summed E-state index contributed by atoms with van der Waals surface area (Å²) in [5.41, 5.74) is 2.94. The van der Waals surface area contributed by atoms with Crippen LogP contribution in [0.1, 0.15) is 21.5 Å². The van der Waals surface area contributed by atoms with Crippen molar-refractivity contribution in [3.05, 3.63) is 87.9 Å². The smallest absolute Gasteiger partial charge is 0.338 e. The van der Waals surface area contributed by atoms with Crippen LogP contribution in [0.4, 0.5) is 5.69 Å². The summed E-state index contributed by atoms with van der Waals surface area (Å²) < 4.78 is 11.8. The first kappa shape index (κ1) is 20.6. The van der Waals surface area contributed by atoms with E-state index in [1.165, 1.54) is 0 Å². The number of carbonyl (C=O) groups is 2. The average molecular weight is 454 g/mol. The van der Waals surface area contributed by atoms with E-state index in [9.17, 15) is 9.59 Å². The fraction of sp³-hybridized carbons (Fsp3) is 0.130. The largest absolute Gasteiger partial charge is 0.457 e. The van der Waals surface area contributed by atoms with Crippen molar-refractivity contribution in [3.63, 3.8) is 0 Å². The van der Waals surface area contributed by atoms with E-state index < -0.39 is 11.9 Å². The summed E-state index contributed by atoms with van der Waals surface area (Å²) in [7, 11) is 0. The van der Waals surface area contributed by atoms with E-state index in [1.54, 1.807) is 24.3 Å². The Morgan fingerprint density at radius 3 is 2.24 bits per heavy atom. The highest BCUT2D eigenvalue weighted by atomic mass is 79.9. The molecule has 0 aliphatic carbocycles. The number of halogens is 1. The molecule has 0 heterocycles. The molecule has 0 saturated heterocycles. The van der Waals surface area contributed by atoms with E-state index in [0.29, 0.717) is 22.7 Å². The Morgan fingerprint density at radius 1 is 0.897 bits per heavy atom. The molecule has 0 fully saturated rings. The van der Waals surface area contributed by atoms with Gasteiger partial charge in [-0.1, -0.05) is 34.1 Å². The molecule has 0 aromatic heterocycles. The average Bonchev–Trinajstić information content (AvgIpc) is 2.71. The van der Waals surface area contributed by atoms with Gasteiger partial charge in [0.05, 0.1) is 5.56 Å². The maximum Gasteiger partial charge on any atom is 0.338 e. The van der Waals surface area contributed by atoms with Gasteiger partial charge in [0, 0.05) is 10.2 Å². The quantitative estimate of drug-likeness (QED) is 0.489. The molecule has 29 heavy (non-hydrogen) atoms. The first-order valence-electron chi connectivity index (χ1n) is 8.99. The molecule has 0 bridgehead atoms. The standard InChI is InChI=1S/C23H20BrNO4/c1-15-13-21(16(2)12-20(15)24)25-22(26)14-28-23(27)17-8-10-19(11-9-17)29-18-6-4-3-5-7-18/h3-13H,14H2,1-2H3,(H,25,26). The Hall–Kier alpha value is -3.12. The van der Waals surface area contributed by atoms with Crippen molar-refractivity contribution in [2.24, 2.45) is 0 Å². The molecule has 1 N–H and O–H groups in total. The number of nitrogens with one attached hydrogen (secondary N) is 1. The molecule has 0 spiro atoms. The van der Waals surface area contributed by atoms with Crippen molar-refractivity contribution in [2.75, 3.05) is 11.9 Å². The molecule has 0 atom stereocenters. The second-order valence-electron chi connectivity index (χ2n) is 6.48. The molecule has 0 aliphatic heterocycles. The van der Waals surface area contributed by atoms with Crippen LogP contribution in [-0.4, -0.2) is 18.5 Å². The van der Waals surface area contributed by atoms with Gasteiger partial charge in [0.25, 0.3) is 5.91 Å². The molecular formula is C23H20BrNO4. The van der Waals surface area contributed by atoms with Crippen molar-refractivity contribution in [1.29, 1.82) is 0 Å². The molecule has 3 rings (SSSR count). The first-order valence-corrected chi connectivity index (χ1v) is 9.78. The van der Waals surface area contributed by atoms with Crippen LogP contribution in [0, 0.1) is 13.8 Å². The fourth-order valence-electron chi connectivity index (χ4n) is 2.60. The number of rotatable bonds is 6. The second kappa shape index (κ2) is 9.39. The molecule has 5 nitrogen and oxygen atoms in total. The van der Waals surface area contributed by atoms with Crippen LogP contribution < -0.4 is 10.1 Å². The summed E-state index contributed by atoms with van der Waals surface area (Å²) in [6, 6.07) is 19.7. The molecule has 1 amide bonds. The Morgan fingerprint density at radius 2 is 1.55 bits per heavy atom. The Kier molecular flexibility index (Phi) is 6.67. The minimum atomic E-state index is -0.574. The predicted octanol–water partition coefficient (Wildman–Crippen LogP) is 5.65. The number of hydrogen-bond acceptors (Lipinski definition) is 4. The van der Waals surface area contributed by atoms with Gasteiger partial charge in [-0.25, -0.2) is 4.79 Å². The normalized spacial score (nSPS) is 10.3. The molecule has 6 heteroatoms. The molecule has 3 aromatic carbocycles.